The summed E-state index contributed by atoms with van der Waals surface area (Å²) in [5.41, 5.74) is 0. The topological polar surface area (TPSA) is 213 Å². The van der Waals surface area contributed by atoms with Crippen LogP contribution in [-0.4, -0.2) is 54.4 Å². The van der Waals surface area contributed by atoms with Crippen LogP contribution in [0.3, 0.4) is 0 Å². The first-order valence-electron chi connectivity index (χ1n) is 3.99. The molecule has 18 heavy (non-hydrogen) atoms. The molecular weight excluding hydrogens is 264 g/mol. The molecule has 0 bridgehead atoms. The van der Waals surface area contributed by atoms with Gasteiger partial charge in [-0.25, -0.2) is 0 Å². The molecule has 0 aromatic carbocycles. The SMILES string of the molecule is O=[N+]([O-])CC(O)C(O)C([N+](=O)[O-])([N+](=O)[O-])[N+](=O)[O-]. The fourth-order valence-corrected chi connectivity index (χ4v) is 1.03. The third-order valence-electron chi connectivity index (χ3n) is 1.90. The average molecular weight is 270 g/mol. The number of aliphatic hydroxyl groups is 2. The van der Waals surface area contributed by atoms with E-state index in [-0.39, 0.29) is 0 Å². The third-order valence-corrected chi connectivity index (χ3v) is 1.90. The van der Waals surface area contributed by atoms with Gasteiger partial charge in [-0.3, -0.25) is 40.5 Å². The maximum absolute atomic E-state index is 10.4. The predicted molar refractivity (Wildman–Crippen MR) is 47.6 cm³/mol. The van der Waals surface area contributed by atoms with Gasteiger partial charge in [-0.05, 0) is 0 Å². The van der Waals surface area contributed by atoms with Gasteiger partial charge in [0, 0.05) is 4.92 Å². The first-order chi connectivity index (χ1) is 8.08. The van der Waals surface area contributed by atoms with Crippen LogP contribution in [0.25, 0.3) is 0 Å². The summed E-state index contributed by atoms with van der Waals surface area (Å²) in [7, 11) is 0. The summed E-state index contributed by atoms with van der Waals surface area (Å²) in [5, 5.41) is 59.3. The zero-order valence-corrected chi connectivity index (χ0v) is 8.31. The van der Waals surface area contributed by atoms with Crippen molar-refractivity contribution < 1.29 is 29.9 Å². The number of nitrogens with zero attached hydrogens (tertiary/aromatic N) is 4. The van der Waals surface area contributed by atoms with Crippen LogP contribution >= 0.6 is 0 Å². The van der Waals surface area contributed by atoms with E-state index in [4.69, 9.17) is 10.2 Å². The fourth-order valence-electron chi connectivity index (χ4n) is 1.03. The minimum atomic E-state index is -4.37. The molecule has 0 spiro atoms. The van der Waals surface area contributed by atoms with Gasteiger partial charge < -0.3 is 10.2 Å². The molecule has 0 radical (unpaired) electrons. The summed E-state index contributed by atoms with van der Waals surface area (Å²) in [6.07, 6.45) is -5.84. The van der Waals surface area contributed by atoms with E-state index < -0.39 is 44.2 Å². The van der Waals surface area contributed by atoms with Crippen molar-refractivity contribution >= 4 is 0 Å². The molecule has 0 aliphatic heterocycles. The molecule has 14 heteroatoms. The minimum absolute atomic E-state index is 1.25. The van der Waals surface area contributed by atoms with Gasteiger partial charge in [0.2, 0.25) is 6.54 Å². The quantitative estimate of drug-likeness (QED) is 0.281. The van der Waals surface area contributed by atoms with Gasteiger partial charge in [0.05, 0.1) is 0 Å². The Morgan fingerprint density at radius 2 is 1.22 bits per heavy atom. The summed E-state index contributed by atoms with van der Waals surface area (Å²) < 4.78 is 0. The lowest BCUT2D eigenvalue weighted by molar-refractivity contribution is -0.978. The molecule has 2 unspecified atom stereocenters. The molecule has 0 rings (SSSR count). The highest BCUT2D eigenvalue weighted by Crippen LogP contribution is 2.20. The van der Waals surface area contributed by atoms with Gasteiger partial charge in [-0.1, -0.05) is 0 Å². The van der Waals surface area contributed by atoms with E-state index in [2.05, 4.69) is 0 Å². The molecule has 0 aromatic rings. The van der Waals surface area contributed by atoms with Gasteiger partial charge in [0.25, 0.3) is 0 Å². The Hall–Kier alpha value is -2.48. The van der Waals surface area contributed by atoms with E-state index in [0.29, 0.717) is 0 Å². The van der Waals surface area contributed by atoms with Crippen LogP contribution in [0.4, 0.5) is 0 Å². The van der Waals surface area contributed by atoms with Crippen LogP contribution in [0, 0.1) is 40.5 Å². The Labute approximate surface area is 96.0 Å². The molecule has 0 fully saturated rings. The molecule has 0 amide bonds. The second kappa shape index (κ2) is 5.23. The van der Waals surface area contributed by atoms with Crippen molar-refractivity contribution in [2.45, 2.75) is 18.0 Å². The predicted octanol–water partition coefficient (Wildman–Crippen LogP) is -2.53. The van der Waals surface area contributed by atoms with Crippen LogP contribution in [0.5, 0.6) is 0 Å². The Morgan fingerprint density at radius 1 is 0.889 bits per heavy atom. The Bertz CT molecular complexity index is 357. The minimum Gasteiger partial charge on any atom is -0.383 e. The largest absolute Gasteiger partial charge is 0.728 e. The van der Waals surface area contributed by atoms with Crippen molar-refractivity contribution in [2.24, 2.45) is 0 Å². The maximum atomic E-state index is 10.4. The van der Waals surface area contributed by atoms with E-state index in [0.717, 1.165) is 0 Å². The van der Waals surface area contributed by atoms with E-state index in [9.17, 15) is 40.5 Å². The van der Waals surface area contributed by atoms with Crippen molar-refractivity contribution in [3.63, 3.8) is 0 Å². The molecule has 0 aliphatic rings. The zero-order chi connectivity index (χ0) is 14.7. The van der Waals surface area contributed by atoms with Crippen molar-refractivity contribution in [2.75, 3.05) is 6.54 Å². The Morgan fingerprint density at radius 3 is 1.44 bits per heavy atom. The van der Waals surface area contributed by atoms with Crippen LogP contribution < -0.4 is 0 Å². The number of aliphatic hydroxyl groups excluding tert-OH is 2. The number of hydrogen-bond donors (Lipinski definition) is 2. The lowest BCUT2D eigenvalue weighted by Gasteiger charge is -2.16. The molecule has 0 saturated heterocycles. The lowest BCUT2D eigenvalue weighted by Crippen LogP contribution is -2.65. The molecule has 2 N–H and O–H groups in total. The fraction of sp³-hybridized carbons (Fsp3) is 1.00. The normalized spacial score (nSPS) is 14.6. The van der Waals surface area contributed by atoms with Crippen LogP contribution in [0.2, 0.25) is 0 Å². The van der Waals surface area contributed by atoms with E-state index >= 15 is 0 Å². The van der Waals surface area contributed by atoms with Gasteiger partial charge in [0.1, 0.15) is 0 Å². The molecule has 2 atom stereocenters. The van der Waals surface area contributed by atoms with Gasteiger partial charge in [0.15, 0.2) is 20.9 Å². The summed E-state index contributed by atoms with van der Waals surface area (Å²) in [4.78, 5) is 33.9. The zero-order valence-electron chi connectivity index (χ0n) is 8.31. The highest BCUT2D eigenvalue weighted by Gasteiger charge is 2.78. The molecule has 14 nitrogen and oxygen atoms in total. The van der Waals surface area contributed by atoms with E-state index in [1.165, 1.54) is 0 Å². The van der Waals surface area contributed by atoms with Gasteiger partial charge in [-0.2, -0.15) is 0 Å². The highest BCUT2D eigenvalue weighted by atomic mass is 16.7. The summed E-state index contributed by atoms with van der Waals surface area (Å²) >= 11 is 0. The second-order valence-electron chi connectivity index (χ2n) is 2.99. The maximum Gasteiger partial charge on any atom is 0.728 e. The Balaban J connectivity index is 5.59. The van der Waals surface area contributed by atoms with Crippen molar-refractivity contribution in [3.8, 4) is 0 Å². The summed E-state index contributed by atoms with van der Waals surface area (Å²) in [6.45, 7) is -1.53. The smallest absolute Gasteiger partial charge is 0.383 e. The summed E-state index contributed by atoms with van der Waals surface area (Å²) in [6, 6.07) is 0. The first-order valence-corrected chi connectivity index (χ1v) is 3.99. The lowest BCUT2D eigenvalue weighted by atomic mass is 10.1. The average Bonchev–Trinajstić information content (AvgIpc) is 2.14. The summed E-state index contributed by atoms with van der Waals surface area (Å²) in [5.74, 6) is -4.37. The van der Waals surface area contributed by atoms with Gasteiger partial charge in [-0.15, -0.1) is 0 Å². The molecule has 0 aromatic heterocycles. The van der Waals surface area contributed by atoms with Crippen molar-refractivity contribution in [1.29, 1.82) is 0 Å². The van der Waals surface area contributed by atoms with Crippen LogP contribution in [0.1, 0.15) is 0 Å². The molecular formula is C4H6N4O10. The Kier molecular flexibility index (Phi) is 4.51. The monoisotopic (exact) mass is 270 g/mol. The van der Waals surface area contributed by atoms with E-state index in [1.807, 2.05) is 0 Å². The van der Waals surface area contributed by atoms with Crippen molar-refractivity contribution in [3.05, 3.63) is 40.5 Å². The molecule has 102 valence electrons. The molecule has 0 heterocycles. The standard InChI is InChI=1S/C4H6N4O10/c9-2(1-5(11)12)3(10)4(6(13)14,7(15)16)8(17)18/h2-3,9-10H,1H2. The third kappa shape index (κ3) is 2.43. The number of hydrogen-bond acceptors (Lipinski definition) is 10. The number of nitro groups is 4. The number of rotatable bonds is 7. The van der Waals surface area contributed by atoms with Gasteiger partial charge >= 0.3 is 11.9 Å². The molecule has 0 saturated carbocycles. The van der Waals surface area contributed by atoms with Crippen LogP contribution in [-0.2, 0) is 0 Å². The molecule has 0 aliphatic carbocycles. The van der Waals surface area contributed by atoms with Crippen LogP contribution in [0.15, 0.2) is 0 Å². The second-order valence-corrected chi connectivity index (χ2v) is 2.99. The van der Waals surface area contributed by atoms with Crippen molar-refractivity contribution in [1.82, 2.24) is 0 Å². The first kappa shape index (κ1) is 15.5. The highest BCUT2D eigenvalue weighted by molar-refractivity contribution is 4.75. The van der Waals surface area contributed by atoms with E-state index in [1.54, 1.807) is 0 Å².